The van der Waals surface area contributed by atoms with Gasteiger partial charge in [0.25, 0.3) is 0 Å². The minimum atomic E-state index is -0.158. The molecule has 138 valence electrons. The Hall–Kier alpha value is -1.98. The van der Waals surface area contributed by atoms with E-state index in [2.05, 4.69) is 41.0 Å². The maximum absolute atomic E-state index is 12.4. The Morgan fingerprint density at radius 2 is 1.73 bits per heavy atom. The molecule has 4 nitrogen and oxygen atoms in total. The second-order valence-corrected chi connectivity index (χ2v) is 8.44. The number of nitrogens with one attached hydrogen (secondary N) is 2. The van der Waals surface area contributed by atoms with Crippen molar-refractivity contribution in [1.29, 1.82) is 0 Å². The van der Waals surface area contributed by atoms with E-state index in [0.717, 1.165) is 42.9 Å². The van der Waals surface area contributed by atoms with Crippen LogP contribution in [0, 0.1) is 13.8 Å². The number of hydrogen-bond donors (Lipinski definition) is 2. The van der Waals surface area contributed by atoms with Gasteiger partial charge in [0, 0.05) is 35.1 Å². The third-order valence-electron chi connectivity index (χ3n) is 4.53. The van der Waals surface area contributed by atoms with Gasteiger partial charge in [-0.1, -0.05) is 24.3 Å². The predicted molar refractivity (Wildman–Crippen MR) is 108 cm³/mol. The predicted octanol–water partition coefficient (Wildman–Crippen LogP) is 4.77. The first-order valence-electron chi connectivity index (χ1n) is 9.00. The average molecular weight is 371 g/mol. The molecule has 0 saturated carbocycles. The molecule has 0 atom stereocenters. The zero-order valence-electron chi connectivity index (χ0n) is 15.4. The summed E-state index contributed by atoms with van der Waals surface area (Å²) in [7, 11) is 0. The van der Waals surface area contributed by atoms with E-state index in [4.69, 9.17) is 4.74 Å². The average Bonchev–Trinajstić information content (AvgIpc) is 2.61. The van der Waals surface area contributed by atoms with Crippen LogP contribution in [0.5, 0.6) is 0 Å². The molecule has 0 aliphatic carbocycles. The van der Waals surface area contributed by atoms with Gasteiger partial charge < -0.3 is 15.4 Å². The molecule has 2 aromatic rings. The molecule has 1 heterocycles. The molecule has 1 aliphatic rings. The molecule has 2 amide bonds. The van der Waals surface area contributed by atoms with Crippen molar-refractivity contribution >= 4 is 23.5 Å². The summed E-state index contributed by atoms with van der Waals surface area (Å²) < 4.78 is 5.52. The minimum Gasteiger partial charge on any atom is -0.381 e. The minimum absolute atomic E-state index is 0.0283. The van der Waals surface area contributed by atoms with Gasteiger partial charge in [0.05, 0.1) is 0 Å². The van der Waals surface area contributed by atoms with Gasteiger partial charge in [-0.2, -0.15) is 0 Å². The van der Waals surface area contributed by atoms with Crippen molar-refractivity contribution in [3.63, 3.8) is 0 Å². The van der Waals surface area contributed by atoms with Gasteiger partial charge in [-0.05, 0) is 62.1 Å². The Labute approximate surface area is 159 Å². The molecule has 2 aromatic carbocycles. The molecule has 0 aromatic heterocycles. The van der Waals surface area contributed by atoms with Crippen LogP contribution in [0.4, 0.5) is 10.5 Å². The van der Waals surface area contributed by atoms with Crippen molar-refractivity contribution in [1.82, 2.24) is 5.32 Å². The highest BCUT2D eigenvalue weighted by Crippen LogP contribution is 2.40. The summed E-state index contributed by atoms with van der Waals surface area (Å²) in [6.07, 6.45) is 1.85. The number of thioether (sulfide) groups is 1. The smallest absolute Gasteiger partial charge is 0.319 e. The van der Waals surface area contributed by atoms with E-state index in [-0.39, 0.29) is 10.8 Å². The Kier molecular flexibility index (Phi) is 6.22. The summed E-state index contributed by atoms with van der Waals surface area (Å²) in [5.41, 5.74) is 3.11. The lowest BCUT2D eigenvalue weighted by Crippen LogP contribution is -2.45. The van der Waals surface area contributed by atoms with E-state index in [1.165, 1.54) is 4.90 Å². The fourth-order valence-corrected chi connectivity index (χ4v) is 4.57. The number of carbonyl (C=O) groups is 1. The quantitative estimate of drug-likeness (QED) is 0.797. The van der Waals surface area contributed by atoms with E-state index < -0.39 is 0 Å². The van der Waals surface area contributed by atoms with Gasteiger partial charge in [0.15, 0.2) is 0 Å². The Morgan fingerprint density at radius 3 is 2.38 bits per heavy atom. The normalized spacial score (nSPS) is 16.1. The Bertz CT molecular complexity index is 723. The Morgan fingerprint density at radius 1 is 1.08 bits per heavy atom. The lowest BCUT2D eigenvalue weighted by Gasteiger charge is -2.36. The largest absolute Gasteiger partial charge is 0.381 e. The van der Waals surface area contributed by atoms with Gasteiger partial charge in [0.1, 0.15) is 0 Å². The lowest BCUT2D eigenvalue weighted by molar-refractivity contribution is 0.0777. The van der Waals surface area contributed by atoms with Crippen LogP contribution < -0.4 is 10.6 Å². The molecule has 0 unspecified atom stereocenters. The number of benzene rings is 2. The molecular weight excluding hydrogens is 344 g/mol. The molecule has 1 fully saturated rings. The monoisotopic (exact) mass is 370 g/mol. The van der Waals surface area contributed by atoms with Crippen LogP contribution in [-0.4, -0.2) is 30.5 Å². The Balaban J connectivity index is 1.62. The fraction of sp³-hybridized carbons (Fsp3) is 0.381. The molecule has 0 radical (unpaired) electrons. The first-order chi connectivity index (χ1) is 12.5. The fourth-order valence-electron chi connectivity index (χ4n) is 3.26. The molecule has 1 aliphatic heterocycles. The van der Waals surface area contributed by atoms with Crippen LogP contribution in [0.3, 0.4) is 0 Å². The van der Waals surface area contributed by atoms with Gasteiger partial charge in [-0.15, -0.1) is 11.8 Å². The highest BCUT2D eigenvalue weighted by Gasteiger charge is 2.34. The van der Waals surface area contributed by atoms with Crippen molar-refractivity contribution in [2.75, 3.05) is 25.1 Å². The molecule has 3 rings (SSSR count). The maximum atomic E-state index is 12.4. The maximum Gasteiger partial charge on any atom is 0.319 e. The van der Waals surface area contributed by atoms with E-state index in [0.29, 0.717) is 6.54 Å². The first kappa shape index (κ1) is 18.8. The lowest BCUT2D eigenvalue weighted by atomic mass is 9.99. The van der Waals surface area contributed by atoms with Crippen molar-refractivity contribution in [3.8, 4) is 0 Å². The van der Waals surface area contributed by atoms with Crippen LogP contribution in [0.15, 0.2) is 53.4 Å². The molecule has 1 saturated heterocycles. The third kappa shape index (κ3) is 5.26. The van der Waals surface area contributed by atoms with Crippen LogP contribution in [0.25, 0.3) is 0 Å². The topological polar surface area (TPSA) is 50.4 Å². The van der Waals surface area contributed by atoms with E-state index in [1.54, 1.807) is 0 Å². The number of ether oxygens (including phenoxy) is 1. The second-order valence-electron chi connectivity index (χ2n) is 6.89. The van der Waals surface area contributed by atoms with Gasteiger partial charge in [-0.3, -0.25) is 0 Å². The van der Waals surface area contributed by atoms with E-state index in [9.17, 15) is 4.79 Å². The molecular formula is C21H26N2O2S. The second kappa shape index (κ2) is 8.60. The highest BCUT2D eigenvalue weighted by molar-refractivity contribution is 8.00. The number of rotatable bonds is 5. The van der Waals surface area contributed by atoms with E-state index >= 15 is 0 Å². The molecule has 5 heteroatoms. The third-order valence-corrected chi connectivity index (χ3v) is 6.03. The van der Waals surface area contributed by atoms with Crippen LogP contribution in [0.1, 0.15) is 24.0 Å². The van der Waals surface area contributed by atoms with Crippen molar-refractivity contribution in [2.45, 2.75) is 36.3 Å². The summed E-state index contributed by atoms with van der Waals surface area (Å²) >= 11 is 1.84. The number of hydrogen-bond acceptors (Lipinski definition) is 3. The van der Waals surface area contributed by atoms with Crippen molar-refractivity contribution < 1.29 is 9.53 Å². The van der Waals surface area contributed by atoms with Gasteiger partial charge in [-0.25, -0.2) is 4.79 Å². The number of urea groups is 1. The number of carbonyl (C=O) groups excluding carboxylic acids is 1. The summed E-state index contributed by atoms with van der Waals surface area (Å²) in [6, 6.07) is 16.3. The van der Waals surface area contributed by atoms with Crippen LogP contribution >= 0.6 is 11.8 Å². The van der Waals surface area contributed by atoms with Gasteiger partial charge >= 0.3 is 6.03 Å². The zero-order valence-corrected chi connectivity index (χ0v) is 16.2. The number of aryl methyl sites for hydroxylation is 2. The summed E-state index contributed by atoms with van der Waals surface area (Å²) in [6.45, 7) is 6.15. The van der Waals surface area contributed by atoms with Gasteiger partial charge in [0.2, 0.25) is 0 Å². The summed E-state index contributed by atoms with van der Waals surface area (Å²) in [5.74, 6) is 0. The zero-order chi connectivity index (χ0) is 18.4. The molecule has 2 N–H and O–H groups in total. The summed E-state index contributed by atoms with van der Waals surface area (Å²) in [5, 5.41) is 6.03. The summed E-state index contributed by atoms with van der Waals surface area (Å²) in [4.78, 5) is 13.6. The first-order valence-corrected chi connectivity index (χ1v) is 9.81. The highest BCUT2D eigenvalue weighted by atomic mass is 32.2. The SMILES string of the molecule is Cc1cc(C)cc(NC(=O)NCC2(Sc3ccccc3)CCOCC2)c1. The molecule has 0 spiro atoms. The van der Waals surface area contributed by atoms with Crippen LogP contribution in [-0.2, 0) is 4.74 Å². The number of anilines is 1. The number of amides is 2. The van der Waals surface area contributed by atoms with E-state index in [1.807, 2.05) is 43.8 Å². The molecule has 0 bridgehead atoms. The van der Waals surface area contributed by atoms with Crippen LogP contribution in [0.2, 0.25) is 0 Å². The standard InChI is InChI=1S/C21H26N2O2S/c1-16-12-17(2)14-18(13-16)23-20(24)22-15-21(8-10-25-11-9-21)26-19-6-4-3-5-7-19/h3-7,12-14H,8-11,15H2,1-2H3,(H2,22,23,24). The van der Waals surface area contributed by atoms with Crippen molar-refractivity contribution in [3.05, 3.63) is 59.7 Å². The molecule has 26 heavy (non-hydrogen) atoms. The van der Waals surface area contributed by atoms with Crippen molar-refractivity contribution in [2.24, 2.45) is 0 Å².